The summed E-state index contributed by atoms with van der Waals surface area (Å²) in [5, 5.41) is 0. The minimum atomic E-state index is 0. The van der Waals surface area contributed by atoms with Crippen molar-refractivity contribution < 1.29 is 20.3 Å². The maximum absolute atomic E-state index is 2.41. The van der Waals surface area contributed by atoms with E-state index in [1.54, 1.807) is 0 Å². The molecule has 1 unspecified atom stereocenters. The Morgan fingerprint density at radius 2 is 2.00 bits per heavy atom. The van der Waals surface area contributed by atoms with Crippen molar-refractivity contribution in [2.45, 2.75) is 32.6 Å². The Hall–Kier alpha value is -0.443. The van der Waals surface area contributed by atoms with Crippen molar-refractivity contribution in [2.75, 3.05) is 0 Å². The fraction of sp³-hybridized carbons (Fsp3) is 0.385. The van der Waals surface area contributed by atoms with Crippen molar-refractivity contribution in [1.82, 2.24) is 0 Å². The molecule has 1 aliphatic rings. The SMILES string of the molecule is CCCC1C=C(C)c2ccccc21.[H-].[Li+]. The van der Waals surface area contributed by atoms with E-state index in [0.717, 1.165) is 0 Å². The van der Waals surface area contributed by atoms with Gasteiger partial charge < -0.3 is 1.43 Å². The first-order chi connectivity index (χ1) is 6.33. The Balaban J connectivity index is 0.000000980. The topological polar surface area (TPSA) is 0 Å². The molecule has 1 atom stereocenters. The largest absolute Gasteiger partial charge is 1.00 e. The van der Waals surface area contributed by atoms with Crippen LogP contribution in [0.1, 0.15) is 45.2 Å². The quantitative estimate of drug-likeness (QED) is 0.598. The molecule has 0 saturated carbocycles. The van der Waals surface area contributed by atoms with E-state index in [0.29, 0.717) is 5.92 Å². The first-order valence-corrected chi connectivity index (χ1v) is 5.10. The van der Waals surface area contributed by atoms with Gasteiger partial charge in [0.2, 0.25) is 0 Å². The van der Waals surface area contributed by atoms with Gasteiger partial charge in [-0.15, -0.1) is 0 Å². The van der Waals surface area contributed by atoms with Gasteiger partial charge in [-0.2, -0.15) is 0 Å². The van der Waals surface area contributed by atoms with Crippen molar-refractivity contribution >= 4 is 5.57 Å². The van der Waals surface area contributed by atoms with Crippen LogP contribution in [0.3, 0.4) is 0 Å². The monoisotopic (exact) mass is 180 g/mol. The second kappa shape index (κ2) is 4.87. The molecule has 0 N–H and O–H groups in total. The standard InChI is InChI=1S/C13H16.Li.H/c1-3-6-11-9-10(2)12-7-4-5-8-13(11)12;;/h4-5,7-9,11H,3,6H2,1-2H3;;/q;+1;-1. The van der Waals surface area contributed by atoms with Crippen molar-refractivity contribution in [2.24, 2.45) is 0 Å². The van der Waals surface area contributed by atoms with E-state index < -0.39 is 0 Å². The van der Waals surface area contributed by atoms with Crippen molar-refractivity contribution in [3.8, 4) is 0 Å². The van der Waals surface area contributed by atoms with Gasteiger partial charge in [-0.25, -0.2) is 0 Å². The zero-order valence-electron chi connectivity index (χ0n) is 10.4. The number of benzene rings is 1. The van der Waals surface area contributed by atoms with E-state index in [1.165, 1.54) is 29.5 Å². The minimum Gasteiger partial charge on any atom is -1.00 e. The summed E-state index contributed by atoms with van der Waals surface area (Å²) in [6, 6.07) is 8.78. The third-order valence-electron chi connectivity index (χ3n) is 2.84. The molecule has 0 amide bonds. The average molecular weight is 180 g/mol. The van der Waals surface area contributed by atoms with Crippen LogP contribution in [0.2, 0.25) is 0 Å². The van der Waals surface area contributed by atoms with Gasteiger partial charge in [-0.3, -0.25) is 0 Å². The third-order valence-corrected chi connectivity index (χ3v) is 2.84. The first kappa shape index (κ1) is 11.6. The van der Waals surface area contributed by atoms with Crippen LogP contribution >= 0.6 is 0 Å². The Morgan fingerprint density at radius 1 is 1.29 bits per heavy atom. The maximum Gasteiger partial charge on any atom is 1.00 e. The molecular formula is C13H17Li. The van der Waals surface area contributed by atoms with E-state index in [4.69, 9.17) is 0 Å². The predicted molar refractivity (Wildman–Crippen MR) is 58.9 cm³/mol. The molecule has 1 aromatic carbocycles. The zero-order valence-corrected chi connectivity index (χ0v) is 9.38. The van der Waals surface area contributed by atoms with Gasteiger partial charge >= 0.3 is 18.9 Å². The molecule has 2 rings (SSSR count). The van der Waals surface area contributed by atoms with Crippen molar-refractivity contribution in [3.05, 3.63) is 41.5 Å². The van der Waals surface area contributed by atoms with Crippen molar-refractivity contribution in [1.29, 1.82) is 0 Å². The Bertz CT molecular complexity index is 344. The second-order valence-corrected chi connectivity index (χ2v) is 3.83. The fourth-order valence-electron chi connectivity index (χ4n) is 2.21. The summed E-state index contributed by atoms with van der Waals surface area (Å²) in [6.45, 7) is 4.47. The minimum absolute atomic E-state index is 0. The molecule has 70 valence electrons. The van der Waals surface area contributed by atoms with E-state index in [1.807, 2.05) is 0 Å². The number of allylic oxidation sites excluding steroid dienone is 2. The van der Waals surface area contributed by atoms with Crippen LogP contribution in [0.4, 0.5) is 0 Å². The fourth-order valence-corrected chi connectivity index (χ4v) is 2.21. The van der Waals surface area contributed by atoms with Crippen LogP contribution in [0.25, 0.3) is 5.57 Å². The van der Waals surface area contributed by atoms with E-state index in [9.17, 15) is 0 Å². The molecule has 0 fully saturated rings. The van der Waals surface area contributed by atoms with Crippen LogP contribution in [0, 0.1) is 0 Å². The van der Waals surface area contributed by atoms with Gasteiger partial charge in [0.15, 0.2) is 0 Å². The molecule has 0 bridgehead atoms. The Kier molecular flexibility index (Phi) is 4.05. The maximum atomic E-state index is 2.41. The molecule has 0 aliphatic heterocycles. The molecule has 0 aromatic heterocycles. The molecule has 1 heteroatoms. The molecular weight excluding hydrogens is 163 g/mol. The van der Waals surface area contributed by atoms with Crippen LogP contribution in [-0.2, 0) is 0 Å². The molecule has 1 aliphatic carbocycles. The second-order valence-electron chi connectivity index (χ2n) is 3.83. The van der Waals surface area contributed by atoms with Crippen molar-refractivity contribution in [3.63, 3.8) is 0 Å². The Morgan fingerprint density at radius 3 is 2.71 bits per heavy atom. The van der Waals surface area contributed by atoms with Gasteiger partial charge in [0.1, 0.15) is 0 Å². The molecule has 0 heterocycles. The molecule has 0 spiro atoms. The van der Waals surface area contributed by atoms with Crippen LogP contribution in [-0.4, -0.2) is 0 Å². The molecule has 14 heavy (non-hydrogen) atoms. The smallest absolute Gasteiger partial charge is 1.00 e. The number of fused-ring (bicyclic) bond motifs is 1. The van der Waals surface area contributed by atoms with E-state index in [2.05, 4.69) is 44.2 Å². The Labute approximate surface area is 100 Å². The number of rotatable bonds is 2. The number of hydrogen-bond donors (Lipinski definition) is 0. The van der Waals surface area contributed by atoms with Gasteiger partial charge in [-0.05, 0) is 30.0 Å². The van der Waals surface area contributed by atoms with Crippen LogP contribution < -0.4 is 18.9 Å². The van der Waals surface area contributed by atoms with Gasteiger partial charge in [0, 0.05) is 5.92 Å². The summed E-state index contributed by atoms with van der Waals surface area (Å²) >= 11 is 0. The van der Waals surface area contributed by atoms with Crippen LogP contribution in [0.5, 0.6) is 0 Å². The molecule has 0 radical (unpaired) electrons. The van der Waals surface area contributed by atoms with Gasteiger partial charge in [0.05, 0.1) is 0 Å². The molecule has 0 saturated heterocycles. The first-order valence-electron chi connectivity index (χ1n) is 5.10. The number of hydrogen-bond acceptors (Lipinski definition) is 0. The normalized spacial score (nSPS) is 18.4. The zero-order chi connectivity index (χ0) is 9.26. The summed E-state index contributed by atoms with van der Waals surface area (Å²) in [6.07, 6.45) is 4.96. The third kappa shape index (κ3) is 1.97. The summed E-state index contributed by atoms with van der Waals surface area (Å²) in [5.41, 5.74) is 4.44. The average Bonchev–Trinajstić information content (AvgIpc) is 2.46. The van der Waals surface area contributed by atoms with E-state index in [-0.39, 0.29) is 20.3 Å². The summed E-state index contributed by atoms with van der Waals surface area (Å²) in [5.74, 6) is 0.682. The van der Waals surface area contributed by atoms with Gasteiger partial charge in [0.25, 0.3) is 0 Å². The molecule has 1 aromatic rings. The summed E-state index contributed by atoms with van der Waals surface area (Å²) in [4.78, 5) is 0. The van der Waals surface area contributed by atoms with Crippen LogP contribution in [0.15, 0.2) is 30.3 Å². The van der Waals surface area contributed by atoms with E-state index >= 15 is 0 Å². The summed E-state index contributed by atoms with van der Waals surface area (Å²) < 4.78 is 0. The summed E-state index contributed by atoms with van der Waals surface area (Å²) in [7, 11) is 0. The van der Waals surface area contributed by atoms with Gasteiger partial charge in [-0.1, -0.05) is 43.7 Å². The molecule has 0 nitrogen and oxygen atoms in total. The predicted octanol–water partition coefficient (Wildman–Crippen LogP) is 1.10.